The molecule has 0 saturated heterocycles. The summed E-state index contributed by atoms with van der Waals surface area (Å²) in [6, 6.07) is 20.1. The third kappa shape index (κ3) is 3.38. The van der Waals surface area contributed by atoms with Gasteiger partial charge in [-0.05, 0) is 25.0 Å². The summed E-state index contributed by atoms with van der Waals surface area (Å²) in [6.07, 6.45) is 2.36. The van der Waals surface area contributed by atoms with E-state index in [4.69, 9.17) is 4.52 Å². The molecule has 5 rings (SSSR count). The molecule has 27 heavy (non-hydrogen) atoms. The van der Waals surface area contributed by atoms with Crippen LogP contribution in [-0.4, -0.2) is 24.9 Å². The van der Waals surface area contributed by atoms with Crippen molar-refractivity contribution in [2.75, 3.05) is 0 Å². The molecule has 6 nitrogen and oxygen atoms in total. The highest BCUT2D eigenvalue weighted by Gasteiger charge is 2.31. The van der Waals surface area contributed by atoms with Crippen LogP contribution in [0, 0.1) is 0 Å². The highest BCUT2D eigenvalue weighted by Crippen LogP contribution is 2.41. The molecule has 0 atom stereocenters. The molecule has 0 N–H and O–H groups in total. The second-order valence-corrected chi connectivity index (χ2v) is 7.39. The normalized spacial score (nSPS) is 13.8. The minimum absolute atomic E-state index is 0.514. The van der Waals surface area contributed by atoms with Crippen molar-refractivity contribution in [3.8, 4) is 17.1 Å². The SMILES string of the molecule is c1ccc(-c2noc(CSc3nnc(C4CC4)n3-c3ccccc3)n2)cc1. The van der Waals surface area contributed by atoms with Gasteiger partial charge in [0.05, 0.1) is 5.75 Å². The fraction of sp³-hybridized carbons (Fsp3) is 0.200. The maximum absolute atomic E-state index is 5.41. The highest BCUT2D eigenvalue weighted by atomic mass is 32.2. The van der Waals surface area contributed by atoms with Crippen LogP contribution in [0.1, 0.15) is 30.5 Å². The van der Waals surface area contributed by atoms with E-state index in [9.17, 15) is 0 Å². The second-order valence-electron chi connectivity index (χ2n) is 6.45. The van der Waals surface area contributed by atoms with Gasteiger partial charge in [-0.25, -0.2) is 0 Å². The van der Waals surface area contributed by atoms with Crippen molar-refractivity contribution in [3.05, 3.63) is 72.4 Å². The first kappa shape index (κ1) is 16.3. The lowest BCUT2D eigenvalue weighted by atomic mass is 10.2. The van der Waals surface area contributed by atoms with Crippen LogP contribution in [0.2, 0.25) is 0 Å². The average molecular weight is 375 g/mol. The summed E-state index contributed by atoms with van der Waals surface area (Å²) in [5.41, 5.74) is 2.03. The van der Waals surface area contributed by atoms with Gasteiger partial charge in [-0.1, -0.05) is 65.4 Å². The topological polar surface area (TPSA) is 69.6 Å². The summed E-state index contributed by atoms with van der Waals surface area (Å²) in [7, 11) is 0. The molecule has 1 saturated carbocycles. The quantitative estimate of drug-likeness (QED) is 0.463. The van der Waals surface area contributed by atoms with E-state index in [1.54, 1.807) is 11.8 Å². The molecule has 7 heteroatoms. The number of aromatic nitrogens is 5. The Morgan fingerprint density at radius 2 is 1.70 bits per heavy atom. The van der Waals surface area contributed by atoms with Crippen LogP contribution in [-0.2, 0) is 5.75 Å². The molecular formula is C20H17N5OS. The Hall–Kier alpha value is -2.93. The van der Waals surface area contributed by atoms with Crippen molar-refractivity contribution in [1.82, 2.24) is 24.9 Å². The monoisotopic (exact) mass is 375 g/mol. The van der Waals surface area contributed by atoms with Crippen LogP contribution in [0.4, 0.5) is 0 Å². The van der Waals surface area contributed by atoms with E-state index < -0.39 is 0 Å². The number of hydrogen-bond acceptors (Lipinski definition) is 6. The summed E-state index contributed by atoms with van der Waals surface area (Å²) < 4.78 is 7.56. The predicted octanol–water partition coefficient (Wildman–Crippen LogP) is 4.49. The molecule has 0 unspecified atom stereocenters. The number of hydrogen-bond donors (Lipinski definition) is 0. The lowest BCUT2D eigenvalue weighted by Gasteiger charge is -2.08. The van der Waals surface area contributed by atoms with E-state index in [1.165, 1.54) is 12.8 Å². The molecule has 2 aromatic carbocycles. The number of para-hydroxylation sites is 1. The summed E-state index contributed by atoms with van der Waals surface area (Å²) in [4.78, 5) is 4.50. The number of nitrogens with zero attached hydrogens (tertiary/aromatic N) is 5. The van der Waals surface area contributed by atoms with Crippen molar-refractivity contribution < 1.29 is 4.52 Å². The highest BCUT2D eigenvalue weighted by molar-refractivity contribution is 7.98. The van der Waals surface area contributed by atoms with E-state index >= 15 is 0 Å². The van der Waals surface area contributed by atoms with Gasteiger partial charge in [0.25, 0.3) is 0 Å². The van der Waals surface area contributed by atoms with E-state index in [0.717, 1.165) is 22.2 Å². The van der Waals surface area contributed by atoms with Crippen LogP contribution >= 0.6 is 11.8 Å². The zero-order chi connectivity index (χ0) is 18.1. The van der Waals surface area contributed by atoms with Gasteiger partial charge < -0.3 is 4.52 Å². The Balaban J connectivity index is 1.38. The summed E-state index contributed by atoms with van der Waals surface area (Å²) in [5.74, 6) is 3.29. The second kappa shape index (κ2) is 7.00. The predicted molar refractivity (Wildman–Crippen MR) is 103 cm³/mol. The maximum Gasteiger partial charge on any atom is 0.237 e. The van der Waals surface area contributed by atoms with Crippen molar-refractivity contribution >= 4 is 11.8 Å². The van der Waals surface area contributed by atoms with Crippen LogP contribution < -0.4 is 0 Å². The first-order chi connectivity index (χ1) is 13.4. The third-order valence-electron chi connectivity index (χ3n) is 4.44. The van der Waals surface area contributed by atoms with Gasteiger partial charge in [0.2, 0.25) is 11.7 Å². The standard InChI is InChI=1S/C20H17N5OS/c1-3-7-14(8-4-1)18-21-17(26-24-18)13-27-20-23-22-19(15-11-12-15)25(20)16-9-5-2-6-10-16/h1-10,15H,11-13H2. The molecule has 134 valence electrons. The molecule has 0 spiro atoms. The van der Waals surface area contributed by atoms with E-state index in [0.29, 0.717) is 23.4 Å². The Kier molecular flexibility index (Phi) is 4.21. The molecule has 1 fully saturated rings. The zero-order valence-electron chi connectivity index (χ0n) is 14.5. The van der Waals surface area contributed by atoms with Crippen LogP contribution in [0.25, 0.3) is 17.1 Å². The summed E-state index contributed by atoms with van der Waals surface area (Å²) in [6.45, 7) is 0. The zero-order valence-corrected chi connectivity index (χ0v) is 15.3. The van der Waals surface area contributed by atoms with Crippen LogP contribution in [0.5, 0.6) is 0 Å². The van der Waals surface area contributed by atoms with Crippen LogP contribution in [0.15, 0.2) is 70.3 Å². The van der Waals surface area contributed by atoms with Gasteiger partial charge in [-0.3, -0.25) is 4.57 Å². The number of rotatable bonds is 6. The molecule has 1 aliphatic rings. The van der Waals surface area contributed by atoms with Crippen molar-refractivity contribution in [2.45, 2.75) is 29.7 Å². The third-order valence-corrected chi connectivity index (χ3v) is 5.35. The number of thioether (sulfide) groups is 1. The van der Waals surface area contributed by atoms with Gasteiger partial charge in [-0.2, -0.15) is 4.98 Å². The molecule has 0 amide bonds. The summed E-state index contributed by atoms with van der Waals surface area (Å²) >= 11 is 1.56. The Labute approximate surface area is 160 Å². The minimum atomic E-state index is 0.514. The Bertz CT molecular complexity index is 1040. The average Bonchev–Trinajstić information content (AvgIpc) is 3.31. The fourth-order valence-electron chi connectivity index (χ4n) is 2.94. The molecule has 0 bridgehead atoms. The lowest BCUT2D eigenvalue weighted by Crippen LogP contribution is -2.01. The first-order valence-corrected chi connectivity index (χ1v) is 9.88. The van der Waals surface area contributed by atoms with E-state index in [1.807, 2.05) is 48.5 Å². The first-order valence-electron chi connectivity index (χ1n) is 8.90. The smallest absolute Gasteiger partial charge is 0.237 e. The molecule has 0 radical (unpaired) electrons. The van der Waals surface area contributed by atoms with E-state index in [2.05, 4.69) is 37.0 Å². The lowest BCUT2D eigenvalue weighted by molar-refractivity contribution is 0.391. The maximum atomic E-state index is 5.41. The summed E-state index contributed by atoms with van der Waals surface area (Å²) in [5, 5.41) is 13.8. The number of benzene rings is 2. The van der Waals surface area contributed by atoms with Gasteiger partial charge >= 0.3 is 0 Å². The molecule has 2 heterocycles. The molecule has 1 aliphatic carbocycles. The molecular weight excluding hydrogens is 358 g/mol. The fourth-order valence-corrected chi connectivity index (χ4v) is 3.74. The Morgan fingerprint density at radius 1 is 0.963 bits per heavy atom. The molecule has 2 aromatic heterocycles. The van der Waals surface area contributed by atoms with Gasteiger partial charge in [0, 0.05) is 17.2 Å². The minimum Gasteiger partial charge on any atom is -0.338 e. The van der Waals surface area contributed by atoms with Gasteiger partial charge in [0.15, 0.2) is 5.16 Å². The largest absolute Gasteiger partial charge is 0.338 e. The van der Waals surface area contributed by atoms with Crippen molar-refractivity contribution in [3.63, 3.8) is 0 Å². The van der Waals surface area contributed by atoms with Crippen LogP contribution in [0.3, 0.4) is 0 Å². The Morgan fingerprint density at radius 3 is 2.44 bits per heavy atom. The van der Waals surface area contributed by atoms with Crippen molar-refractivity contribution in [2.24, 2.45) is 0 Å². The van der Waals surface area contributed by atoms with Gasteiger partial charge in [0.1, 0.15) is 5.82 Å². The molecule has 4 aromatic rings. The van der Waals surface area contributed by atoms with Gasteiger partial charge in [-0.15, -0.1) is 10.2 Å². The van der Waals surface area contributed by atoms with E-state index in [-0.39, 0.29) is 0 Å². The van der Waals surface area contributed by atoms with Crippen molar-refractivity contribution in [1.29, 1.82) is 0 Å². The molecule has 0 aliphatic heterocycles.